The second-order valence-corrected chi connectivity index (χ2v) is 8.79. The predicted molar refractivity (Wildman–Crippen MR) is 127 cm³/mol. The van der Waals surface area contributed by atoms with Gasteiger partial charge in [-0.1, -0.05) is 25.4 Å². The molecule has 2 heterocycles. The fraction of sp³-hybridized carbons (Fsp3) is 0.350. The van der Waals surface area contributed by atoms with Crippen LogP contribution < -0.4 is 21.3 Å². The van der Waals surface area contributed by atoms with E-state index < -0.39 is 12.2 Å². The fourth-order valence-electron chi connectivity index (χ4n) is 2.64. The highest BCUT2D eigenvalue weighted by Crippen LogP contribution is 2.24. The normalized spacial score (nSPS) is 15.0. The Morgan fingerprint density at radius 1 is 1.26 bits per heavy atom. The number of nitrogens with two attached hydrogens (primary N) is 1. The summed E-state index contributed by atoms with van der Waals surface area (Å²) >= 11 is 8.34. The molecule has 0 saturated carbocycles. The first-order valence-corrected chi connectivity index (χ1v) is 12.0. The van der Waals surface area contributed by atoms with Crippen molar-refractivity contribution >= 4 is 64.0 Å². The minimum atomic E-state index is -0.487. The van der Waals surface area contributed by atoms with Gasteiger partial charge < -0.3 is 21.1 Å². The van der Waals surface area contributed by atoms with E-state index >= 15 is 0 Å². The van der Waals surface area contributed by atoms with Crippen molar-refractivity contribution in [3.63, 3.8) is 0 Å². The summed E-state index contributed by atoms with van der Waals surface area (Å²) in [4.78, 5) is 38.0. The first-order valence-electron chi connectivity index (χ1n) is 9.65. The molecule has 1 aliphatic heterocycles. The van der Waals surface area contributed by atoms with Crippen LogP contribution in [0.15, 0.2) is 36.4 Å². The number of benzene rings is 1. The summed E-state index contributed by atoms with van der Waals surface area (Å²) in [6.07, 6.45) is -0.950. The molecule has 31 heavy (non-hydrogen) atoms. The molecule has 1 aliphatic rings. The first-order chi connectivity index (χ1) is 15.0. The molecule has 1 fully saturated rings. The Bertz CT molecular complexity index is 892. The Morgan fingerprint density at radius 2 is 1.97 bits per heavy atom. The molecule has 1 aromatic heterocycles. The molecule has 0 bridgehead atoms. The van der Waals surface area contributed by atoms with E-state index in [2.05, 4.69) is 10.6 Å². The van der Waals surface area contributed by atoms with Gasteiger partial charge in [0.15, 0.2) is 0 Å². The van der Waals surface area contributed by atoms with Crippen molar-refractivity contribution in [2.45, 2.75) is 20.0 Å². The summed E-state index contributed by atoms with van der Waals surface area (Å²) < 4.78 is 5.86. The van der Waals surface area contributed by atoms with Gasteiger partial charge in [-0.15, -0.1) is 23.1 Å². The van der Waals surface area contributed by atoms with E-state index in [1.54, 1.807) is 36.4 Å². The van der Waals surface area contributed by atoms with Gasteiger partial charge in [0.1, 0.15) is 6.10 Å². The van der Waals surface area contributed by atoms with Crippen LogP contribution in [0.5, 0.6) is 0 Å². The molecule has 2 aromatic rings. The minimum absolute atomic E-state index is 0.142. The number of carbonyl (C=O) groups excluding carboxylic acids is 3. The van der Waals surface area contributed by atoms with Crippen LogP contribution in [0.3, 0.4) is 0 Å². The Kier molecular flexibility index (Phi) is 10.1. The van der Waals surface area contributed by atoms with E-state index in [-0.39, 0.29) is 24.1 Å². The first kappa shape index (κ1) is 25.0. The zero-order valence-electron chi connectivity index (χ0n) is 17.2. The van der Waals surface area contributed by atoms with Gasteiger partial charge in [0, 0.05) is 17.3 Å². The number of rotatable bonds is 8. The third-order valence-corrected chi connectivity index (χ3v) is 5.91. The van der Waals surface area contributed by atoms with E-state index in [4.69, 9.17) is 22.1 Å². The van der Waals surface area contributed by atoms with E-state index in [9.17, 15) is 14.4 Å². The summed E-state index contributed by atoms with van der Waals surface area (Å²) in [5.74, 6) is 0.259. The summed E-state index contributed by atoms with van der Waals surface area (Å²) in [6.45, 7) is 4.51. The Balaban J connectivity index is 0.00000166. The van der Waals surface area contributed by atoms with Gasteiger partial charge in [0.05, 0.1) is 28.1 Å². The number of amides is 3. The molecule has 1 atom stereocenters. The van der Waals surface area contributed by atoms with Crippen LogP contribution in [0.2, 0.25) is 4.34 Å². The molecule has 1 unspecified atom stereocenters. The highest BCUT2D eigenvalue weighted by molar-refractivity contribution is 7.99. The number of hydrogen-bond acceptors (Lipinski definition) is 7. The number of nitrogens with zero attached hydrogens (tertiary/aromatic N) is 1. The molecule has 11 heteroatoms. The Hall–Kier alpha value is -2.27. The number of thiophene rings is 1. The topological polar surface area (TPSA) is 114 Å². The van der Waals surface area contributed by atoms with Crippen LogP contribution in [0.4, 0.5) is 16.2 Å². The number of thioether (sulfide) groups is 1. The number of ether oxygens (including phenoxy) is 1. The molecule has 1 aromatic carbocycles. The predicted octanol–water partition coefficient (Wildman–Crippen LogP) is 3.77. The molecule has 1 saturated heterocycles. The number of carbonyl (C=O) groups is 3. The van der Waals surface area contributed by atoms with Gasteiger partial charge in [-0.05, 0) is 36.4 Å². The average Bonchev–Trinajstić information content (AvgIpc) is 3.38. The zero-order chi connectivity index (χ0) is 22.8. The van der Waals surface area contributed by atoms with E-state index in [1.165, 1.54) is 28.0 Å². The number of cyclic esters (lactones) is 1. The molecule has 3 amide bonds. The lowest BCUT2D eigenvalue weighted by atomic mass is 10.2. The number of nitrogens with one attached hydrogen (secondary N) is 2. The largest absolute Gasteiger partial charge is 0.442 e. The van der Waals surface area contributed by atoms with Crippen molar-refractivity contribution in [2.75, 3.05) is 34.9 Å². The standard InChI is InChI=1S/C18H19ClN4O4S2.C2H6/c19-15-6-5-14(29-15)17(25)21-7-13-8-23(18(26)27-13)12-3-1-11(2-4-12)22-16(24)9-28-10-20;1-2/h1-6,13H,7-10,20H2,(H,21,25)(H,22,24);1-2H3. The van der Waals surface area contributed by atoms with Crippen LogP contribution in [0.1, 0.15) is 23.5 Å². The Labute approximate surface area is 194 Å². The number of hydrogen-bond donors (Lipinski definition) is 3. The molecule has 0 aliphatic carbocycles. The summed E-state index contributed by atoms with van der Waals surface area (Å²) in [6, 6.07) is 10.2. The quantitative estimate of drug-likeness (QED) is 0.491. The second-order valence-electron chi connectivity index (χ2n) is 6.04. The van der Waals surface area contributed by atoms with Crippen molar-refractivity contribution < 1.29 is 19.1 Å². The van der Waals surface area contributed by atoms with Gasteiger partial charge >= 0.3 is 6.09 Å². The van der Waals surface area contributed by atoms with Crippen LogP contribution in [-0.2, 0) is 9.53 Å². The maximum absolute atomic E-state index is 12.2. The smallest absolute Gasteiger partial charge is 0.414 e. The third kappa shape index (κ3) is 7.42. The van der Waals surface area contributed by atoms with Gasteiger partial charge in [-0.25, -0.2) is 4.79 Å². The molecule has 3 rings (SSSR count). The van der Waals surface area contributed by atoms with Gasteiger partial charge in [0.25, 0.3) is 5.91 Å². The number of anilines is 2. The molecule has 0 radical (unpaired) electrons. The lowest BCUT2D eigenvalue weighted by Gasteiger charge is -2.14. The van der Waals surface area contributed by atoms with Crippen molar-refractivity contribution in [1.29, 1.82) is 0 Å². The summed E-state index contributed by atoms with van der Waals surface area (Å²) in [5.41, 5.74) is 6.63. The van der Waals surface area contributed by atoms with Crippen LogP contribution in [-0.4, -0.2) is 48.7 Å². The number of halogens is 1. The summed E-state index contributed by atoms with van der Waals surface area (Å²) in [7, 11) is 0. The van der Waals surface area contributed by atoms with E-state index in [0.717, 1.165) is 0 Å². The monoisotopic (exact) mass is 484 g/mol. The van der Waals surface area contributed by atoms with Crippen molar-refractivity contribution in [1.82, 2.24) is 5.32 Å². The summed E-state index contributed by atoms with van der Waals surface area (Å²) in [5, 5.41) is 5.50. The lowest BCUT2D eigenvalue weighted by molar-refractivity contribution is -0.113. The van der Waals surface area contributed by atoms with Crippen molar-refractivity contribution in [3.05, 3.63) is 45.6 Å². The Morgan fingerprint density at radius 3 is 2.58 bits per heavy atom. The van der Waals surface area contributed by atoms with Gasteiger partial charge in [-0.2, -0.15) is 0 Å². The van der Waals surface area contributed by atoms with Gasteiger partial charge in [0.2, 0.25) is 5.91 Å². The maximum atomic E-state index is 12.2. The third-order valence-electron chi connectivity index (χ3n) is 3.98. The highest BCUT2D eigenvalue weighted by Gasteiger charge is 2.32. The van der Waals surface area contributed by atoms with E-state index in [1.807, 2.05) is 13.8 Å². The minimum Gasteiger partial charge on any atom is -0.442 e. The fourth-order valence-corrected chi connectivity index (χ4v) is 3.98. The van der Waals surface area contributed by atoms with Gasteiger partial charge in [-0.3, -0.25) is 14.5 Å². The van der Waals surface area contributed by atoms with Crippen LogP contribution in [0.25, 0.3) is 0 Å². The molecular weight excluding hydrogens is 460 g/mol. The van der Waals surface area contributed by atoms with Crippen molar-refractivity contribution in [2.24, 2.45) is 5.73 Å². The second kappa shape index (κ2) is 12.6. The molecular formula is C20H25ClN4O4S2. The van der Waals surface area contributed by atoms with Crippen LogP contribution >= 0.6 is 34.7 Å². The highest BCUT2D eigenvalue weighted by atomic mass is 35.5. The van der Waals surface area contributed by atoms with E-state index in [0.29, 0.717) is 33.0 Å². The molecule has 8 nitrogen and oxygen atoms in total. The maximum Gasteiger partial charge on any atom is 0.414 e. The SMILES string of the molecule is CC.NCSCC(=O)Nc1ccc(N2CC(CNC(=O)c3ccc(Cl)s3)OC2=O)cc1. The van der Waals surface area contributed by atoms with Crippen LogP contribution in [0, 0.1) is 0 Å². The average molecular weight is 485 g/mol. The molecule has 0 spiro atoms. The molecule has 4 N–H and O–H groups in total. The lowest BCUT2D eigenvalue weighted by Crippen LogP contribution is -2.34. The zero-order valence-corrected chi connectivity index (χ0v) is 19.6. The molecule has 168 valence electrons. The van der Waals surface area contributed by atoms with Crippen molar-refractivity contribution in [3.8, 4) is 0 Å².